The normalized spacial score (nSPS) is 10.7. The Balaban J connectivity index is 2.60. The van der Waals surface area contributed by atoms with Gasteiger partial charge in [-0.25, -0.2) is 9.97 Å². The molecule has 6 heteroatoms. The van der Waals surface area contributed by atoms with Crippen molar-refractivity contribution in [1.82, 2.24) is 14.9 Å². The number of carbonyl (C=O) groups excluding carboxylic acids is 1. The quantitative estimate of drug-likeness (QED) is 0.938. The van der Waals surface area contributed by atoms with Crippen LogP contribution in [0.3, 0.4) is 0 Å². The number of nitrogens with zero attached hydrogens (tertiary/aromatic N) is 3. The molecule has 2 rings (SSSR count). The molecule has 6 nitrogen and oxygen atoms in total. The third-order valence-electron chi connectivity index (χ3n) is 3.21. The summed E-state index contributed by atoms with van der Waals surface area (Å²) < 4.78 is 5.71. The van der Waals surface area contributed by atoms with Crippen LogP contribution in [-0.4, -0.2) is 41.0 Å². The zero-order chi connectivity index (χ0) is 17.1. The van der Waals surface area contributed by atoms with E-state index in [-0.39, 0.29) is 18.0 Å². The van der Waals surface area contributed by atoms with Crippen molar-refractivity contribution < 1.29 is 9.53 Å². The van der Waals surface area contributed by atoms with Crippen LogP contribution in [0.2, 0.25) is 0 Å². The smallest absolute Gasteiger partial charge is 0.257 e. The number of rotatable bonds is 4. The van der Waals surface area contributed by atoms with Gasteiger partial charge in [0, 0.05) is 19.7 Å². The fourth-order valence-electron chi connectivity index (χ4n) is 2.27. The number of ether oxygens (including phenoxy) is 1. The lowest BCUT2D eigenvalue weighted by Gasteiger charge is -2.16. The summed E-state index contributed by atoms with van der Waals surface area (Å²) in [5.41, 5.74) is 8.07. The van der Waals surface area contributed by atoms with Gasteiger partial charge in [-0.3, -0.25) is 4.79 Å². The van der Waals surface area contributed by atoms with E-state index >= 15 is 0 Å². The Hall–Kier alpha value is -2.63. The highest BCUT2D eigenvalue weighted by atomic mass is 16.5. The zero-order valence-electron chi connectivity index (χ0n) is 14.1. The number of nitrogen functional groups attached to an aromatic ring is 1. The summed E-state index contributed by atoms with van der Waals surface area (Å²) in [6, 6.07) is 7.47. The maximum Gasteiger partial charge on any atom is 0.257 e. The minimum absolute atomic E-state index is 0.0605. The van der Waals surface area contributed by atoms with Crippen molar-refractivity contribution in [2.75, 3.05) is 19.8 Å². The first-order valence-electron chi connectivity index (χ1n) is 7.42. The van der Waals surface area contributed by atoms with Crippen LogP contribution >= 0.6 is 0 Å². The second-order valence-electron chi connectivity index (χ2n) is 5.78. The molecule has 2 aromatic rings. The minimum atomic E-state index is -0.160. The van der Waals surface area contributed by atoms with Crippen LogP contribution in [0.1, 0.15) is 29.9 Å². The number of benzene rings is 1. The Labute approximate surface area is 136 Å². The monoisotopic (exact) mass is 314 g/mol. The predicted molar refractivity (Wildman–Crippen MR) is 90.4 cm³/mol. The number of hydrogen-bond donors (Lipinski definition) is 1. The van der Waals surface area contributed by atoms with Crippen molar-refractivity contribution in [3.05, 3.63) is 35.5 Å². The molecule has 0 radical (unpaired) electrons. The predicted octanol–water partition coefficient (Wildman–Crippen LogP) is 2.52. The molecule has 1 aromatic heterocycles. The van der Waals surface area contributed by atoms with Gasteiger partial charge in [0.1, 0.15) is 5.75 Å². The van der Waals surface area contributed by atoms with Gasteiger partial charge in [-0.2, -0.15) is 0 Å². The molecule has 0 fully saturated rings. The summed E-state index contributed by atoms with van der Waals surface area (Å²) in [7, 11) is 3.39. The van der Waals surface area contributed by atoms with Gasteiger partial charge >= 0.3 is 0 Å². The van der Waals surface area contributed by atoms with Crippen LogP contribution in [0, 0.1) is 6.92 Å². The van der Waals surface area contributed by atoms with Crippen molar-refractivity contribution >= 4 is 11.9 Å². The number of aromatic nitrogens is 2. The number of amides is 1. The van der Waals surface area contributed by atoms with Gasteiger partial charge in [-0.15, -0.1) is 0 Å². The lowest BCUT2D eigenvalue weighted by molar-refractivity contribution is 0.0827. The Kier molecular flexibility index (Phi) is 4.83. The topological polar surface area (TPSA) is 81.3 Å². The third-order valence-corrected chi connectivity index (χ3v) is 3.21. The molecule has 0 aliphatic heterocycles. The molecule has 0 unspecified atom stereocenters. The highest BCUT2D eigenvalue weighted by Gasteiger charge is 2.21. The molecule has 122 valence electrons. The molecular formula is C17H22N4O2. The van der Waals surface area contributed by atoms with E-state index in [1.807, 2.05) is 38.1 Å². The number of aryl methyl sites for hydroxylation is 1. The summed E-state index contributed by atoms with van der Waals surface area (Å²) in [6.45, 7) is 5.67. The molecule has 23 heavy (non-hydrogen) atoms. The Morgan fingerprint density at radius 3 is 2.57 bits per heavy atom. The van der Waals surface area contributed by atoms with Crippen LogP contribution in [0.25, 0.3) is 11.3 Å². The van der Waals surface area contributed by atoms with Gasteiger partial charge < -0.3 is 15.4 Å². The molecule has 1 aromatic carbocycles. The van der Waals surface area contributed by atoms with Crippen LogP contribution in [-0.2, 0) is 0 Å². The largest absolute Gasteiger partial charge is 0.491 e. The second-order valence-corrected chi connectivity index (χ2v) is 5.78. The summed E-state index contributed by atoms with van der Waals surface area (Å²) in [4.78, 5) is 22.4. The lowest BCUT2D eigenvalue weighted by Crippen LogP contribution is -2.24. The van der Waals surface area contributed by atoms with E-state index in [2.05, 4.69) is 9.97 Å². The van der Waals surface area contributed by atoms with Crippen LogP contribution in [0.15, 0.2) is 24.3 Å². The maximum atomic E-state index is 12.5. The molecular weight excluding hydrogens is 292 g/mol. The minimum Gasteiger partial charge on any atom is -0.491 e. The Bertz CT molecular complexity index is 727. The summed E-state index contributed by atoms with van der Waals surface area (Å²) in [6.07, 6.45) is 0.0605. The standard InChI is InChI=1S/C17H22N4O2/c1-10(2)23-13-8-6-7-12(9-13)15-14(16(22)21(4)5)11(3)19-17(18)20-15/h6-10H,1-5H3,(H2,18,19,20). The molecule has 0 saturated heterocycles. The first-order valence-corrected chi connectivity index (χ1v) is 7.42. The second kappa shape index (κ2) is 6.64. The molecule has 0 bridgehead atoms. The molecule has 0 aliphatic rings. The van der Waals surface area contributed by atoms with Gasteiger partial charge in [-0.05, 0) is 32.9 Å². The van der Waals surface area contributed by atoms with E-state index in [4.69, 9.17) is 10.5 Å². The first kappa shape index (κ1) is 16.7. The summed E-state index contributed by atoms with van der Waals surface area (Å²) in [5.74, 6) is 0.700. The molecule has 0 saturated carbocycles. The summed E-state index contributed by atoms with van der Waals surface area (Å²) >= 11 is 0. The summed E-state index contributed by atoms with van der Waals surface area (Å²) in [5, 5.41) is 0. The van der Waals surface area contributed by atoms with E-state index in [1.54, 1.807) is 21.0 Å². The van der Waals surface area contributed by atoms with Crippen LogP contribution in [0.4, 0.5) is 5.95 Å². The maximum absolute atomic E-state index is 12.5. The van der Waals surface area contributed by atoms with Gasteiger partial charge in [-0.1, -0.05) is 12.1 Å². The average Bonchev–Trinajstić information content (AvgIpc) is 2.45. The molecule has 2 N–H and O–H groups in total. The SMILES string of the molecule is Cc1nc(N)nc(-c2cccc(OC(C)C)c2)c1C(=O)N(C)C. The molecule has 0 aliphatic carbocycles. The Morgan fingerprint density at radius 2 is 1.96 bits per heavy atom. The zero-order valence-corrected chi connectivity index (χ0v) is 14.1. The lowest BCUT2D eigenvalue weighted by atomic mass is 10.0. The molecule has 1 heterocycles. The number of anilines is 1. The highest BCUT2D eigenvalue weighted by molar-refractivity contribution is 6.00. The number of carbonyl (C=O) groups is 1. The van der Waals surface area contributed by atoms with E-state index in [1.165, 1.54) is 4.90 Å². The van der Waals surface area contributed by atoms with Gasteiger partial charge in [0.15, 0.2) is 0 Å². The van der Waals surface area contributed by atoms with Crippen molar-refractivity contribution in [2.24, 2.45) is 0 Å². The van der Waals surface area contributed by atoms with Gasteiger partial charge in [0.05, 0.1) is 23.1 Å². The molecule has 0 atom stereocenters. The van der Waals surface area contributed by atoms with E-state index in [9.17, 15) is 4.79 Å². The fourth-order valence-corrected chi connectivity index (χ4v) is 2.27. The van der Waals surface area contributed by atoms with Gasteiger partial charge in [0.2, 0.25) is 5.95 Å². The van der Waals surface area contributed by atoms with Gasteiger partial charge in [0.25, 0.3) is 5.91 Å². The van der Waals surface area contributed by atoms with E-state index < -0.39 is 0 Å². The van der Waals surface area contributed by atoms with E-state index in [0.29, 0.717) is 17.0 Å². The third kappa shape index (κ3) is 3.77. The van der Waals surface area contributed by atoms with Crippen LogP contribution < -0.4 is 10.5 Å². The van der Waals surface area contributed by atoms with Crippen LogP contribution in [0.5, 0.6) is 5.75 Å². The van der Waals surface area contributed by atoms with Crippen molar-refractivity contribution in [1.29, 1.82) is 0 Å². The first-order chi connectivity index (χ1) is 10.8. The molecule has 1 amide bonds. The van der Waals surface area contributed by atoms with E-state index in [0.717, 1.165) is 11.3 Å². The number of hydrogen-bond acceptors (Lipinski definition) is 5. The van der Waals surface area contributed by atoms with Crippen molar-refractivity contribution in [3.63, 3.8) is 0 Å². The fraction of sp³-hybridized carbons (Fsp3) is 0.353. The van der Waals surface area contributed by atoms with Crippen molar-refractivity contribution in [2.45, 2.75) is 26.9 Å². The average molecular weight is 314 g/mol. The number of nitrogens with two attached hydrogens (primary N) is 1. The highest BCUT2D eigenvalue weighted by Crippen LogP contribution is 2.28. The van der Waals surface area contributed by atoms with Crippen molar-refractivity contribution in [3.8, 4) is 17.0 Å². The Morgan fingerprint density at radius 1 is 1.26 bits per heavy atom. The molecule has 0 spiro atoms.